The van der Waals surface area contributed by atoms with E-state index in [4.69, 9.17) is 14.7 Å². The van der Waals surface area contributed by atoms with Crippen LogP contribution in [0.15, 0.2) is 6.07 Å². The molecule has 0 unspecified atom stereocenters. The van der Waals surface area contributed by atoms with Crippen LogP contribution in [0.2, 0.25) is 0 Å². The molecular formula is C12H15NO2. The normalized spacial score (nSPS) is 9.53. The van der Waals surface area contributed by atoms with E-state index < -0.39 is 0 Å². The van der Waals surface area contributed by atoms with Crippen molar-refractivity contribution in [1.82, 2.24) is 0 Å². The van der Waals surface area contributed by atoms with Crippen LogP contribution in [0.3, 0.4) is 0 Å². The molecule has 0 amide bonds. The van der Waals surface area contributed by atoms with Gasteiger partial charge >= 0.3 is 0 Å². The molecule has 0 saturated heterocycles. The summed E-state index contributed by atoms with van der Waals surface area (Å²) < 4.78 is 10.6. The number of aryl methyl sites for hydroxylation is 1. The van der Waals surface area contributed by atoms with Crippen LogP contribution in [0, 0.1) is 25.2 Å². The number of nitrogens with zero attached hydrogens (tertiary/aromatic N) is 1. The molecule has 0 radical (unpaired) electrons. The van der Waals surface area contributed by atoms with E-state index in [0.29, 0.717) is 12.2 Å². The van der Waals surface area contributed by atoms with E-state index in [1.165, 1.54) is 0 Å². The molecule has 0 aliphatic heterocycles. The molecule has 1 rings (SSSR count). The first kappa shape index (κ1) is 11.4. The first-order chi connectivity index (χ1) is 7.15. The van der Waals surface area contributed by atoms with Crippen LogP contribution in [-0.2, 0) is 6.42 Å². The molecule has 80 valence electrons. The molecule has 3 nitrogen and oxygen atoms in total. The van der Waals surface area contributed by atoms with Gasteiger partial charge in [0.15, 0.2) is 11.5 Å². The Hall–Kier alpha value is -1.69. The van der Waals surface area contributed by atoms with E-state index in [1.807, 2.05) is 19.9 Å². The molecule has 3 heteroatoms. The molecule has 0 aliphatic rings. The third-order valence-corrected chi connectivity index (χ3v) is 2.50. The third-order valence-electron chi connectivity index (χ3n) is 2.50. The van der Waals surface area contributed by atoms with Gasteiger partial charge in [0.05, 0.1) is 26.7 Å². The molecule has 0 spiro atoms. The van der Waals surface area contributed by atoms with Crippen molar-refractivity contribution in [3.05, 3.63) is 22.8 Å². The Kier molecular flexibility index (Phi) is 3.56. The van der Waals surface area contributed by atoms with Crippen molar-refractivity contribution in [1.29, 1.82) is 5.26 Å². The number of benzene rings is 1. The summed E-state index contributed by atoms with van der Waals surface area (Å²) >= 11 is 0. The van der Waals surface area contributed by atoms with Crippen LogP contribution >= 0.6 is 0 Å². The largest absolute Gasteiger partial charge is 0.493 e. The highest BCUT2D eigenvalue weighted by molar-refractivity contribution is 5.55. The quantitative estimate of drug-likeness (QED) is 0.760. The smallest absolute Gasteiger partial charge is 0.165 e. The summed E-state index contributed by atoms with van der Waals surface area (Å²) in [5.74, 6) is 1.39. The molecule has 0 atom stereocenters. The van der Waals surface area contributed by atoms with E-state index in [-0.39, 0.29) is 0 Å². The van der Waals surface area contributed by atoms with E-state index >= 15 is 0 Å². The molecule has 1 aromatic carbocycles. The predicted octanol–water partition coefficient (Wildman–Crippen LogP) is 2.39. The summed E-state index contributed by atoms with van der Waals surface area (Å²) in [4.78, 5) is 0. The SMILES string of the molecule is COc1c(CC#N)cc(C)c(C)c1OC. The van der Waals surface area contributed by atoms with Gasteiger partial charge in [-0.05, 0) is 25.0 Å². The Morgan fingerprint density at radius 2 is 1.80 bits per heavy atom. The molecule has 0 bridgehead atoms. The maximum Gasteiger partial charge on any atom is 0.165 e. The molecule has 15 heavy (non-hydrogen) atoms. The topological polar surface area (TPSA) is 42.2 Å². The van der Waals surface area contributed by atoms with Crippen molar-refractivity contribution in [3.63, 3.8) is 0 Å². The summed E-state index contributed by atoms with van der Waals surface area (Å²) in [6, 6.07) is 4.09. The lowest BCUT2D eigenvalue weighted by molar-refractivity contribution is 0.350. The van der Waals surface area contributed by atoms with Gasteiger partial charge < -0.3 is 9.47 Å². The molecule has 1 aromatic rings. The van der Waals surface area contributed by atoms with Gasteiger partial charge in [-0.25, -0.2) is 0 Å². The fourth-order valence-corrected chi connectivity index (χ4v) is 1.62. The molecule has 0 heterocycles. The van der Waals surface area contributed by atoms with E-state index in [0.717, 1.165) is 22.4 Å². The molecule has 0 aromatic heterocycles. The minimum atomic E-state index is 0.334. The van der Waals surface area contributed by atoms with E-state index in [1.54, 1.807) is 14.2 Å². The number of nitriles is 1. The zero-order chi connectivity index (χ0) is 11.4. The molecule has 0 N–H and O–H groups in total. The summed E-state index contributed by atoms with van der Waals surface area (Å²) in [5.41, 5.74) is 3.04. The standard InChI is InChI=1S/C12H15NO2/c1-8-7-10(5-6-13)12(15-4)11(14-3)9(8)2/h7H,5H2,1-4H3. The number of rotatable bonds is 3. The van der Waals surface area contributed by atoms with Gasteiger partial charge in [-0.1, -0.05) is 6.07 Å². The van der Waals surface area contributed by atoms with Crippen molar-refractivity contribution in [3.8, 4) is 17.6 Å². The maximum atomic E-state index is 8.72. The minimum Gasteiger partial charge on any atom is -0.493 e. The van der Waals surface area contributed by atoms with Gasteiger partial charge in [0.1, 0.15) is 0 Å². The molecule has 0 fully saturated rings. The first-order valence-corrected chi connectivity index (χ1v) is 4.73. The van der Waals surface area contributed by atoms with Gasteiger partial charge in [0.25, 0.3) is 0 Å². The van der Waals surface area contributed by atoms with Crippen molar-refractivity contribution in [2.24, 2.45) is 0 Å². The minimum absolute atomic E-state index is 0.334. The Morgan fingerprint density at radius 1 is 1.20 bits per heavy atom. The monoisotopic (exact) mass is 205 g/mol. The Bertz CT molecular complexity index is 405. The zero-order valence-electron chi connectivity index (χ0n) is 9.55. The van der Waals surface area contributed by atoms with Crippen LogP contribution in [0.25, 0.3) is 0 Å². The van der Waals surface area contributed by atoms with Crippen LogP contribution in [-0.4, -0.2) is 14.2 Å². The average molecular weight is 205 g/mol. The second-order valence-electron chi connectivity index (χ2n) is 3.38. The third kappa shape index (κ3) is 2.04. The van der Waals surface area contributed by atoms with Gasteiger partial charge in [0.2, 0.25) is 0 Å². The van der Waals surface area contributed by atoms with E-state index in [2.05, 4.69) is 6.07 Å². The molecular weight excluding hydrogens is 190 g/mol. The number of ether oxygens (including phenoxy) is 2. The summed E-state index contributed by atoms with van der Waals surface area (Å²) in [6.07, 6.45) is 0.334. The zero-order valence-corrected chi connectivity index (χ0v) is 9.55. The molecule has 0 saturated carbocycles. The Morgan fingerprint density at radius 3 is 2.27 bits per heavy atom. The number of hydrogen-bond donors (Lipinski definition) is 0. The lowest BCUT2D eigenvalue weighted by atomic mass is 10.0. The summed E-state index contributed by atoms with van der Waals surface area (Å²) in [7, 11) is 3.20. The van der Waals surface area contributed by atoms with Crippen molar-refractivity contribution >= 4 is 0 Å². The lowest BCUT2D eigenvalue weighted by Crippen LogP contribution is -1.99. The van der Waals surface area contributed by atoms with Gasteiger partial charge in [-0.3, -0.25) is 0 Å². The highest BCUT2D eigenvalue weighted by atomic mass is 16.5. The van der Waals surface area contributed by atoms with Crippen molar-refractivity contribution < 1.29 is 9.47 Å². The first-order valence-electron chi connectivity index (χ1n) is 4.73. The van der Waals surface area contributed by atoms with Crippen molar-refractivity contribution in [2.45, 2.75) is 20.3 Å². The maximum absolute atomic E-state index is 8.72. The fourth-order valence-electron chi connectivity index (χ4n) is 1.62. The Balaban J connectivity index is 3.41. The van der Waals surface area contributed by atoms with E-state index in [9.17, 15) is 0 Å². The van der Waals surface area contributed by atoms with Gasteiger partial charge in [-0.15, -0.1) is 0 Å². The second kappa shape index (κ2) is 4.70. The fraction of sp³-hybridized carbons (Fsp3) is 0.417. The van der Waals surface area contributed by atoms with Crippen LogP contribution in [0.1, 0.15) is 16.7 Å². The highest BCUT2D eigenvalue weighted by Crippen LogP contribution is 2.36. The summed E-state index contributed by atoms with van der Waals surface area (Å²) in [5, 5.41) is 8.72. The predicted molar refractivity (Wildman–Crippen MR) is 58.3 cm³/mol. The van der Waals surface area contributed by atoms with Gasteiger partial charge in [-0.2, -0.15) is 5.26 Å². The number of hydrogen-bond acceptors (Lipinski definition) is 3. The molecule has 0 aliphatic carbocycles. The second-order valence-corrected chi connectivity index (χ2v) is 3.38. The highest BCUT2D eigenvalue weighted by Gasteiger charge is 2.14. The summed E-state index contributed by atoms with van der Waals surface area (Å²) in [6.45, 7) is 3.98. The Labute approximate surface area is 90.2 Å². The van der Waals surface area contributed by atoms with Crippen LogP contribution < -0.4 is 9.47 Å². The average Bonchev–Trinajstić information content (AvgIpc) is 2.23. The van der Waals surface area contributed by atoms with Gasteiger partial charge in [0, 0.05) is 5.56 Å². The van der Waals surface area contributed by atoms with Crippen LogP contribution in [0.4, 0.5) is 0 Å². The van der Waals surface area contributed by atoms with Crippen LogP contribution in [0.5, 0.6) is 11.5 Å². The lowest BCUT2D eigenvalue weighted by Gasteiger charge is -2.15. The van der Waals surface area contributed by atoms with Crippen molar-refractivity contribution in [2.75, 3.05) is 14.2 Å². The number of methoxy groups -OCH3 is 2.